The second kappa shape index (κ2) is 7.05. The fourth-order valence-corrected chi connectivity index (χ4v) is 2.01. The van der Waals surface area contributed by atoms with Crippen LogP contribution in [0.5, 0.6) is 0 Å². The van der Waals surface area contributed by atoms with Gasteiger partial charge < -0.3 is 10.2 Å². The highest BCUT2D eigenvalue weighted by molar-refractivity contribution is 9.10. The molecule has 0 aliphatic carbocycles. The third-order valence-electron chi connectivity index (χ3n) is 2.72. The van der Waals surface area contributed by atoms with Crippen LogP contribution in [0, 0.1) is 0 Å². The van der Waals surface area contributed by atoms with Crippen LogP contribution in [0.4, 0.5) is 0 Å². The number of benzene rings is 1. The number of hydrogen-bond acceptors (Lipinski definition) is 2. The summed E-state index contributed by atoms with van der Waals surface area (Å²) in [6.07, 6.45) is 0. The molecule has 1 N–H and O–H groups in total. The van der Waals surface area contributed by atoms with Gasteiger partial charge in [-0.2, -0.15) is 0 Å². The minimum atomic E-state index is 0.511. The molecule has 0 radical (unpaired) electrons. The number of nitrogens with one attached hydrogen (secondary N) is 1. The molecule has 0 bridgehead atoms. The molecule has 0 fully saturated rings. The van der Waals surface area contributed by atoms with Gasteiger partial charge in [0.1, 0.15) is 0 Å². The first kappa shape index (κ1) is 13.7. The van der Waals surface area contributed by atoms with Crippen molar-refractivity contribution in [1.29, 1.82) is 0 Å². The Bertz CT molecular complexity index is 315. The normalized spacial score (nSPS) is 13.1. The zero-order valence-electron chi connectivity index (χ0n) is 10.3. The van der Waals surface area contributed by atoms with E-state index in [9.17, 15) is 0 Å². The lowest BCUT2D eigenvalue weighted by Crippen LogP contribution is -2.36. The maximum Gasteiger partial charge on any atom is 0.0220 e. The zero-order valence-corrected chi connectivity index (χ0v) is 11.9. The monoisotopic (exact) mass is 284 g/mol. The molecule has 0 saturated carbocycles. The molecule has 2 nitrogen and oxygen atoms in total. The van der Waals surface area contributed by atoms with Crippen LogP contribution >= 0.6 is 15.9 Å². The quantitative estimate of drug-likeness (QED) is 0.864. The summed E-state index contributed by atoms with van der Waals surface area (Å²) in [7, 11) is 2.15. The number of nitrogens with zero attached hydrogens (tertiary/aromatic N) is 1. The third kappa shape index (κ3) is 4.64. The second-order valence-electron chi connectivity index (χ2n) is 4.23. The van der Waals surface area contributed by atoms with Crippen LogP contribution in [0.15, 0.2) is 28.7 Å². The van der Waals surface area contributed by atoms with E-state index in [1.807, 2.05) is 6.07 Å². The lowest BCUT2D eigenvalue weighted by atomic mass is 10.2. The molecule has 0 saturated heterocycles. The van der Waals surface area contributed by atoms with Crippen molar-refractivity contribution in [2.75, 3.05) is 20.1 Å². The summed E-state index contributed by atoms with van der Waals surface area (Å²) < 4.78 is 1.18. The summed E-state index contributed by atoms with van der Waals surface area (Å²) in [5.41, 5.74) is 1.31. The van der Waals surface area contributed by atoms with Gasteiger partial charge in [-0.15, -0.1) is 0 Å². The molecule has 1 aromatic carbocycles. The SMILES string of the molecule is CCN(C)CC(C)NCc1ccccc1Br. The molecule has 0 amide bonds. The fraction of sp³-hybridized carbons (Fsp3) is 0.538. The average Bonchev–Trinajstić information content (AvgIpc) is 2.28. The molecule has 16 heavy (non-hydrogen) atoms. The van der Waals surface area contributed by atoms with Crippen molar-refractivity contribution < 1.29 is 0 Å². The topological polar surface area (TPSA) is 15.3 Å². The predicted octanol–water partition coefficient (Wildman–Crippen LogP) is 2.88. The first-order valence-corrected chi connectivity index (χ1v) is 6.58. The Morgan fingerprint density at radius 2 is 2.06 bits per heavy atom. The highest BCUT2D eigenvalue weighted by atomic mass is 79.9. The van der Waals surface area contributed by atoms with Gasteiger partial charge in [0, 0.05) is 23.6 Å². The van der Waals surface area contributed by atoms with Crippen LogP contribution in [0.25, 0.3) is 0 Å². The predicted molar refractivity (Wildman–Crippen MR) is 73.6 cm³/mol. The van der Waals surface area contributed by atoms with Crippen molar-refractivity contribution in [2.24, 2.45) is 0 Å². The van der Waals surface area contributed by atoms with Crippen LogP contribution in [-0.4, -0.2) is 31.1 Å². The van der Waals surface area contributed by atoms with Crippen molar-refractivity contribution >= 4 is 15.9 Å². The lowest BCUT2D eigenvalue weighted by molar-refractivity contribution is 0.309. The number of halogens is 1. The Kier molecular flexibility index (Phi) is 6.03. The minimum Gasteiger partial charge on any atom is -0.309 e. The minimum absolute atomic E-state index is 0.511. The molecule has 0 heterocycles. The van der Waals surface area contributed by atoms with Crippen LogP contribution in [0.1, 0.15) is 19.4 Å². The van der Waals surface area contributed by atoms with Crippen molar-refractivity contribution in [3.8, 4) is 0 Å². The molecule has 1 aromatic rings. The molecule has 1 atom stereocenters. The summed E-state index contributed by atoms with van der Waals surface area (Å²) >= 11 is 3.56. The number of likely N-dealkylation sites (N-methyl/N-ethyl adjacent to an activating group) is 1. The maximum absolute atomic E-state index is 3.56. The molecule has 90 valence electrons. The van der Waals surface area contributed by atoms with E-state index in [2.05, 4.69) is 65.2 Å². The Morgan fingerprint density at radius 3 is 2.69 bits per heavy atom. The van der Waals surface area contributed by atoms with Crippen LogP contribution in [0.2, 0.25) is 0 Å². The van der Waals surface area contributed by atoms with E-state index < -0.39 is 0 Å². The standard InChI is InChI=1S/C13H21BrN2/c1-4-16(3)10-11(2)15-9-12-7-5-6-8-13(12)14/h5-8,11,15H,4,9-10H2,1-3H3. The van der Waals surface area contributed by atoms with Gasteiger partial charge in [-0.25, -0.2) is 0 Å². The molecule has 3 heteroatoms. The molecule has 0 aliphatic rings. The number of rotatable bonds is 6. The molecule has 0 aliphatic heterocycles. The molecular formula is C13H21BrN2. The Hall–Kier alpha value is -0.380. The summed E-state index contributed by atoms with van der Waals surface area (Å²) in [6.45, 7) is 7.51. The van der Waals surface area contributed by atoms with E-state index >= 15 is 0 Å². The van der Waals surface area contributed by atoms with Gasteiger partial charge in [-0.1, -0.05) is 41.1 Å². The Balaban J connectivity index is 2.37. The van der Waals surface area contributed by atoms with Crippen LogP contribution in [-0.2, 0) is 6.54 Å². The van der Waals surface area contributed by atoms with Gasteiger partial charge >= 0.3 is 0 Å². The van der Waals surface area contributed by atoms with Gasteiger partial charge in [0.15, 0.2) is 0 Å². The summed E-state index contributed by atoms with van der Waals surface area (Å²) in [6, 6.07) is 8.86. The van der Waals surface area contributed by atoms with Crippen molar-refractivity contribution in [3.63, 3.8) is 0 Å². The number of hydrogen-bond donors (Lipinski definition) is 1. The molecular weight excluding hydrogens is 264 g/mol. The smallest absolute Gasteiger partial charge is 0.0220 e. The Morgan fingerprint density at radius 1 is 1.38 bits per heavy atom. The van der Waals surface area contributed by atoms with E-state index in [4.69, 9.17) is 0 Å². The molecule has 1 unspecified atom stereocenters. The van der Waals surface area contributed by atoms with Gasteiger partial charge in [-0.05, 0) is 32.1 Å². The van der Waals surface area contributed by atoms with Gasteiger partial charge in [0.25, 0.3) is 0 Å². The van der Waals surface area contributed by atoms with Crippen molar-refractivity contribution in [1.82, 2.24) is 10.2 Å². The van der Waals surface area contributed by atoms with Crippen LogP contribution in [0.3, 0.4) is 0 Å². The largest absolute Gasteiger partial charge is 0.309 e. The zero-order chi connectivity index (χ0) is 12.0. The fourth-order valence-electron chi connectivity index (χ4n) is 1.59. The lowest BCUT2D eigenvalue weighted by Gasteiger charge is -2.21. The van der Waals surface area contributed by atoms with E-state index in [0.717, 1.165) is 19.6 Å². The average molecular weight is 285 g/mol. The molecule has 1 rings (SSSR count). The van der Waals surface area contributed by atoms with Gasteiger partial charge in [0.05, 0.1) is 0 Å². The maximum atomic E-state index is 3.56. The van der Waals surface area contributed by atoms with E-state index in [0.29, 0.717) is 6.04 Å². The third-order valence-corrected chi connectivity index (χ3v) is 3.50. The second-order valence-corrected chi connectivity index (χ2v) is 5.08. The highest BCUT2D eigenvalue weighted by Gasteiger charge is 2.05. The molecule has 0 aromatic heterocycles. The first-order chi connectivity index (χ1) is 7.63. The van der Waals surface area contributed by atoms with E-state index in [-0.39, 0.29) is 0 Å². The van der Waals surface area contributed by atoms with Gasteiger partial charge in [-0.3, -0.25) is 0 Å². The molecule has 0 spiro atoms. The Labute approximate surface area is 107 Å². The van der Waals surface area contributed by atoms with E-state index in [1.165, 1.54) is 10.0 Å². The van der Waals surface area contributed by atoms with Crippen molar-refractivity contribution in [2.45, 2.75) is 26.4 Å². The van der Waals surface area contributed by atoms with Gasteiger partial charge in [0.2, 0.25) is 0 Å². The summed E-state index contributed by atoms with van der Waals surface area (Å²) in [5, 5.41) is 3.53. The van der Waals surface area contributed by atoms with E-state index in [1.54, 1.807) is 0 Å². The van der Waals surface area contributed by atoms with Crippen molar-refractivity contribution in [3.05, 3.63) is 34.3 Å². The van der Waals surface area contributed by atoms with Crippen LogP contribution < -0.4 is 5.32 Å². The highest BCUT2D eigenvalue weighted by Crippen LogP contribution is 2.15. The summed E-state index contributed by atoms with van der Waals surface area (Å²) in [4.78, 5) is 2.32. The summed E-state index contributed by atoms with van der Waals surface area (Å²) in [5.74, 6) is 0. The first-order valence-electron chi connectivity index (χ1n) is 5.78.